The number of sulfone groups is 1. The van der Waals surface area contributed by atoms with Crippen LogP contribution in [0.15, 0.2) is 70.8 Å². The summed E-state index contributed by atoms with van der Waals surface area (Å²) in [5, 5.41) is 19.0. The van der Waals surface area contributed by atoms with Crippen LogP contribution in [0.5, 0.6) is 0 Å². The summed E-state index contributed by atoms with van der Waals surface area (Å²) in [5.41, 5.74) is 1.71. The van der Waals surface area contributed by atoms with Gasteiger partial charge in [0.1, 0.15) is 0 Å². The number of pyridine rings is 2. The van der Waals surface area contributed by atoms with Crippen molar-refractivity contribution in [1.29, 1.82) is 5.26 Å². The Labute approximate surface area is 171 Å². The summed E-state index contributed by atoms with van der Waals surface area (Å²) < 4.78 is 25.4. The van der Waals surface area contributed by atoms with Crippen LogP contribution in [0.25, 0.3) is 11.0 Å². The molecule has 3 aromatic heterocycles. The number of benzene rings is 1. The summed E-state index contributed by atoms with van der Waals surface area (Å²) >= 11 is 0. The minimum absolute atomic E-state index is 0.00211. The molecule has 0 saturated heterocycles. The van der Waals surface area contributed by atoms with Crippen LogP contribution in [0, 0.1) is 11.3 Å². The van der Waals surface area contributed by atoms with Crippen LogP contribution in [0.2, 0.25) is 0 Å². The molecule has 148 valence electrons. The molecule has 0 radical (unpaired) electrons. The van der Waals surface area contributed by atoms with Crippen LogP contribution in [-0.2, 0) is 16.4 Å². The highest BCUT2D eigenvalue weighted by Gasteiger charge is 2.18. The molecule has 0 aliphatic carbocycles. The average molecular weight is 418 g/mol. The van der Waals surface area contributed by atoms with Crippen LogP contribution in [0.1, 0.15) is 21.6 Å². The predicted molar refractivity (Wildman–Crippen MR) is 106 cm³/mol. The van der Waals surface area contributed by atoms with Gasteiger partial charge in [-0.1, -0.05) is 6.07 Å². The van der Waals surface area contributed by atoms with Gasteiger partial charge in [0.25, 0.3) is 5.91 Å². The molecule has 0 bridgehead atoms. The van der Waals surface area contributed by atoms with E-state index in [-0.39, 0.29) is 27.8 Å². The normalized spacial score (nSPS) is 11.2. The van der Waals surface area contributed by atoms with Crippen LogP contribution in [-0.4, -0.2) is 34.5 Å². The van der Waals surface area contributed by atoms with E-state index in [1.165, 1.54) is 48.8 Å². The van der Waals surface area contributed by atoms with Crippen LogP contribution in [0.3, 0.4) is 0 Å². The van der Waals surface area contributed by atoms with E-state index >= 15 is 0 Å². The molecule has 0 atom stereocenters. The fraction of sp³-hybridized carbons (Fsp3) is 0.0500. The number of nitriles is 1. The van der Waals surface area contributed by atoms with Crippen molar-refractivity contribution in [2.75, 3.05) is 0 Å². The quantitative estimate of drug-likeness (QED) is 0.505. The second-order valence-electron chi connectivity index (χ2n) is 6.34. The Balaban J connectivity index is 1.46. The van der Waals surface area contributed by atoms with Crippen molar-refractivity contribution in [3.05, 3.63) is 77.9 Å². The van der Waals surface area contributed by atoms with E-state index in [4.69, 9.17) is 5.26 Å². The smallest absolute Gasteiger partial charge is 0.253 e. The van der Waals surface area contributed by atoms with Crippen molar-refractivity contribution in [3.8, 4) is 6.07 Å². The molecule has 10 heteroatoms. The van der Waals surface area contributed by atoms with Crippen molar-refractivity contribution in [3.63, 3.8) is 0 Å². The maximum Gasteiger partial charge on any atom is 0.253 e. The van der Waals surface area contributed by atoms with Crippen molar-refractivity contribution in [2.24, 2.45) is 0 Å². The third-order valence-electron chi connectivity index (χ3n) is 4.36. The number of fused-ring (bicyclic) bond motifs is 1. The van der Waals surface area contributed by atoms with Gasteiger partial charge >= 0.3 is 0 Å². The largest absolute Gasteiger partial charge is 0.346 e. The van der Waals surface area contributed by atoms with Gasteiger partial charge < -0.3 is 5.32 Å². The SMILES string of the molecule is N#Cc1cccc(S(=O)(=O)c2ccc(CNC(=O)c3cnc4[nH]ncc4c3)nc2)c1. The molecule has 1 amide bonds. The average Bonchev–Trinajstić information content (AvgIpc) is 3.25. The Morgan fingerprint density at radius 1 is 1.07 bits per heavy atom. The number of carbonyl (C=O) groups is 1. The number of rotatable bonds is 5. The lowest BCUT2D eigenvalue weighted by atomic mass is 10.2. The first-order chi connectivity index (χ1) is 14.5. The molecule has 3 heterocycles. The molecular weight excluding hydrogens is 404 g/mol. The Morgan fingerprint density at radius 2 is 1.93 bits per heavy atom. The molecule has 0 spiro atoms. The zero-order valence-electron chi connectivity index (χ0n) is 15.4. The van der Waals surface area contributed by atoms with E-state index < -0.39 is 9.84 Å². The van der Waals surface area contributed by atoms with Crippen molar-refractivity contribution < 1.29 is 13.2 Å². The Hall–Kier alpha value is -4.10. The fourth-order valence-corrected chi connectivity index (χ4v) is 4.03. The molecule has 4 rings (SSSR count). The molecule has 9 nitrogen and oxygen atoms in total. The maximum absolute atomic E-state index is 12.7. The fourth-order valence-electron chi connectivity index (χ4n) is 2.78. The van der Waals surface area contributed by atoms with Gasteiger partial charge in [-0.3, -0.25) is 14.9 Å². The number of aromatic nitrogens is 4. The molecular formula is C20H14N6O3S. The summed E-state index contributed by atoms with van der Waals surface area (Å²) in [4.78, 5) is 20.6. The van der Waals surface area contributed by atoms with Crippen molar-refractivity contribution in [2.45, 2.75) is 16.3 Å². The van der Waals surface area contributed by atoms with Crippen LogP contribution < -0.4 is 5.32 Å². The number of nitrogens with zero attached hydrogens (tertiary/aromatic N) is 4. The lowest BCUT2D eigenvalue weighted by Crippen LogP contribution is -2.23. The van der Waals surface area contributed by atoms with E-state index in [1.807, 2.05) is 6.07 Å². The summed E-state index contributed by atoms with van der Waals surface area (Å²) in [6.45, 7) is 0.118. The highest BCUT2D eigenvalue weighted by Crippen LogP contribution is 2.21. The lowest BCUT2D eigenvalue weighted by Gasteiger charge is -2.07. The number of nitrogens with one attached hydrogen (secondary N) is 2. The molecule has 1 aromatic carbocycles. The number of amides is 1. The standard InChI is InChI=1S/C20H14N6O3S/c21-8-13-2-1-3-17(6-13)30(28,29)18-5-4-16(22-12-18)11-24-20(27)15-7-14-10-25-26-19(14)23-9-15/h1-7,9-10,12H,11H2,(H,24,27)(H,23,25,26). The number of hydrogen-bond acceptors (Lipinski definition) is 7. The summed E-state index contributed by atoms with van der Waals surface area (Å²) in [7, 11) is -3.80. The van der Waals surface area contributed by atoms with Crippen molar-refractivity contribution >= 4 is 26.8 Å². The molecule has 0 aliphatic heterocycles. The molecule has 0 unspecified atom stereocenters. The number of H-pyrrole nitrogens is 1. The van der Waals surface area contributed by atoms with E-state index in [0.29, 0.717) is 16.9 Å². The third-order valence-corrected chi connectivity index (χ3v) is 6.10. The van der Waals surface area contributed by atoms with Gasteiger partial charge in [0.15, 0.2) is 5.65 Å². The van der Waals surface area contributed by atoms with Gasteiger partial charge in [-0.15, -0.1) is 0 Å². The second-order valence-corrected chi connectivity index (χ2v) is 8.29. The highest BCUT2D eigenvalue weighted by molar-refractivity contribution is 7.91. The Bertz CT molecular complexity index is 1390. The van der Waals surface area contributed by atoms with Gasteiger partial charge in [-0.05, 0) is 36.4 Å². The van der Waals surface area contributed by atoms with E-state index in [9.17, 15) is 13.2 Å². The second kappa shape index (κ2) is 7.73. The minimum atomic E-state index is -3.80. The minimum Gasteiger partial charge on any atom is -0.346 e. The molecule has 4 aromatic rings. The first-order valence-corrected chi connectivity index (χ1v) is 10.2. The molecule has 30 heavy (non-hydrogen) atoms. The van der Waals surface area contributed by atoms with Crippen LogP contribution >= 0.6 is 0 Å². The first-order valence-electron chi connectivity index (χ1n) is 8.75. The first kappa shape index (κ1) is 19.2. The monoisotopic (exact) mass is 418 g/mol. The van der Waals surface area contributed by atoms with Gasteiger partial charge in [0.05, 0.1) is 45.4 Å². The summed E-state index contributed by atoms with van der Waals surface area (Å²) in [6.07, 6.45) is 4.25. The molecule has 0 aliphatic rings. The number of hydrogen-bond donors (Lipinski definition) is 2. The van der Waals surface area contributed by atoms with Gasteiger partial charge in [-0.2, -0.15) is 10.4 Å². The summed E-state index contributed by atoms with van der Waals surface area (Å²) in [6, 6.07) is 12.3. The number of aromatic amines is 1. The Kier molecular flexibility index (Phi) is 4.95. The van der Waals surface area contributed by atoms with Gasteiger partial charge in [0, 0.05) is 17.8 Å². The third kappa shape index (κ3) is 3.74. The van der Waals surface area contributed by atoms with Crippen molar-refractivity contribution in [1.82, 2.24) is 25.5 Å². The lowest BCUT2D eigenvalue weighted by molar-refractivity contribution is 0.0950. The zero-order valence-corrected chi connectivity index (χ0v) is 16.2. The van der Waals surface area contributed by atoms with Gasteiger partial charge in [-0.25, -0.2) is 13.4 Å². The molecule has 2 N–H and O–H groups in total. The Morgan fingerprint density at radius 3 is 2.70 bits per heavy atom. The maximum atomic E-state index is 12.7. The van der Waals surface area contributed by atoms with Crippen LogP contribution in [0.4, 0.5) is 0 Å². The number of carbonyl (C=O) groups excluding carboxylic acids is 1. The van der Waals surface area contributed by atoms with E-state index in [2.05, 4.69) is 25.5 Å². The van der Waals surface area contributed by atoms with Gasteiger partial charge in [0.2, 0.25) is 9.84 Å². The predicted octanol–water partition coefficient (Wildman–Crippen LogP) is 1.99. The highest BCUT2D eigenvalue weighted by atomic mass is 32.2. The van der Waals surface area contributed by atoms with E-state index in [1.54, 1.807) is 12.3 Å². The molecule has 0 saturated carbocycles. The van der Waals surface area contributed by atoms with E-state index in [0.717, 1.165) is 5.39 Å². The molecule has 0 fully saturated rings. The topological polar surface area (TPSA) is 141 Å². The zero-order chi connectivity index (χ0) is 21.1. The summed E-state index contributed by atoms with van der Waals surface area (Å²) in [5.74, 6) is -0.336.